The van der Waals surface area contributed by atoms with Crippen molar-refractivity contribution in [3.05, 3.63) is 64.6 Å². The van der Waals surface area contributed by atoms with Gasteiger partial charge in [0.1, 0.15) is 11.6 Å². The molecule has 4 aromatic rings. The highest BCUT2D eigenvalue weighted by molar-refractivity contribution is 7.13. The van der Waals surface area contributed by atoms with E-state index in [0.717, 1.165) is 15.2 Å². The van der Waals surface area contributed by atoms with Gasteiger partial charge in [0, 0.05) is 11.8 Å². The van der Waals surface area contributed by atoms with Crippen molar-refractivity contribution in [1.29, 1.82) is 0 Å². The molecule has 0 amide bonds. The zero-order chi connectivity index (χ0) is 19.0. The van der Waals surface area contributed by atoms with Crippen LogP contribution in [0.2, 0.25) is 0 Å². The molecule has 0 saturated heterocycles. The first-order valence-corrected chi connectivity index (χ1v) is 8.94. The van der Waals surface area contributed by atoms with Crippen LogP contribution < -0.4 is 4.74 Å². The first-order chi connectivity index (χ1) is 13.1. The second kappa shape index (κ2) is 6.81. The summed E-state index contributed by atoms with van der Waals surface area (Å²) in [5.74, 6) is -0.0836. The standard InChI is InChI=1S/C19H14FN4O2S/c1-11-9-15(27-10-11)18-23-16(12-3-5-13(20)6-4-12)17(24(18)25)14-7-8-21-19(22-14)26-2/h3-10H,1-2H3/q-1. The van der Waals surface area contributed by atoms with Crippen LogP contribution >= 0.6 is 11.3 Å². The second-order valence-electron chi connectivity index (χ2n) is 5.85. The van der Waals surface area contributed by atoms with E-state index in [1.807, 2.05) is 18.4 Å². The number of rotatable bonds is 4. The van der Waals surface area contributed by atoms with Gasteiger partial charge in [-0.15, -0.1) is 11.3 Å². The molecule has 0 spiro atoms. The molecular weight excluding hydrogens is 367 g/mol. The third kappa shape index (κ3) is 3.15. The van der Waals surface area contributed by atoms with Crippen molar-refractivity contribution in [3.63, 3.8) is 0 Å². The zero-order valence-corrected chi connectivity index (χ0v) is 15.3. The van der Waals surface area contributed by atoms with Gasteiger partial charge in [0.25, 0.3) is 0 Å². The van der Waals surface area contributed by atoms with Crippen LogP contribution in [-0.2, 0) is 0 Å². The number of halogens is 1. The number of benzene rings is 1. The van der Waals surface area contributed by atoms with Gasteiger partial charge in [-0.2, -0.15) is 4.98 Å². The number of hydrogen-bond acceptors (Lipinski definition) is 6. The Labute approximate surface area is 158 Å². The monoisotopic (exact) mass is 381 g/mol. The summed E-state index contributed by atoms with van der Waals surface area (Å²) in [4.78, 5) is 13.6. The quantitative estimate of drug-likeness (QED) is 0.519. The molecule has 6 nitrogen and oxygen atoms in total. The maximum atomic E-state index is 13.4. The average Bonchev–Trinajstić information content (AvgIpc) is 3.25. The minimum Gasteiger partial charge on any atom is -0.804 e. The number of hydrogen-bond donors (Lipinski definition) is 0. The summed E-state index contributed by atoms with van der Waals surface area (Å²) in [5.41, 5.74) is 2.73. The molecule has 0 bridgehead atoms. The number of nitrogens with zero attached hydrogens (tertiary/aromatic N) is 4. The normalized spacial score (nSPS) is 10.9. The molecule has 0 radical (unpaired) electrons. The lowest BCUT2D eigenvalue weighted by Gasteiger charge is -2.15. The van der Waals surface area contributed by atoms with Crippen LogP contribution in [0.1, 0.15) is 5.56 Å². The summed E-state index contributed by atoms with van der Waals surface area (Å²) in [6.45, 7) is 1.95. The molecule has 0 fully saturated rings. The van der Waals surface area contributed by atoms with Crippen LogP contribution in [0.3, 0.4) is 0 Å². The molecule has 3 aromatic heterocycles. The summed E-state index contributed by atoms with van der Waals surface area (Å²) in [6.07, 6.45) is 1.51. The Morgan fingerprint density at radius 1 is 1.15 bits per heavy atom. The van der Waals surface area contributed by atoms with Crippen LogP contribution in [0.4, 0.5) is 4.39 Å². The van der Waals surface area contributed by atoms with Crippen molar-refractivity contribution in [3.8, 4) is 39.4 Å². The second-order valence-corrected chi connectivity index (χ2v) is 6.76. The van der Waals surface area contributed by atoms with Crippen LogP contribution in [0, 0.1) is 17.9 Å². The SMILES string of the molecule is COc1nccc(-c2c(-c3ccc(F)cc3)nc(-c3cc(C)cs3)n2[O-])n1. The van der Waals surface area contributed by atoms with Gasteiger partial charge in [-0.05, 0) is 54.3 Å². The van der Waals surface area contributed by atoms with E-state index < -0.39 is 0 Å². The highest BCUT2D eigenvalue weighted by atomic mass is 32.1. The number of ether oxygens (including phenoxy) is 1. The summed E-state index contributed by atoms with van der Waals surface area (Å²) in [6, 6.07) is 9.50. The third-order valence-corrected chi connectivity index (χ3v) is 5.01. The number of aromatic nitrogens is 4. The molecule has 136 valence electrons. The summed E-state index contributed by atoms with van der Waals surface area (Å²) < 4.78 is 19.2. The molecule has 0 aliphatic carbocycles. The first kappa shape index (κ1) is 17.2. The van der Waals surface area contributed by atoms with Crippen molar-refractivity contribution in [1.82, 2.24) is 19.7 Å². The Hall–Kier alpha value is -3.26. The van der Waals surface area contributed by atoms with E-state index in [1.54, 1.807) is 18.2 Å². The van der Waals surface area contributed by atoms with E-state index in [4.69, 9.17) is 4.74 Å². The van der Waals surface area contributed by atoms with Gasteiger partial charge >= 0.3 is 6.01 Å². The van der Waals surface area contributed by atoms with Crippen molar-refractivity contribution >= 4 is 11.3 Å². The molecule has 4 rings (SSSR count). The smallest absolute Gasteiger partial charge is 0.316 e. The van der Waals surface area contributed by atoms with Gasteiger partial charge in [0.15, 0.2) is 0 Å². The number of thiophene rings is 1. The minimum absolute atomic E-state index is 0.146. The number of methoxy groups -OCH3 is 1. The van der Waals surface area contributed by atoms with Gasteiger partial charge in [0.2, 0.25) is 0 Å². The lowest BCUT2D eigenvalue weighted by molar-refractivity contribution is 0.380. The summed E-state index contributed by atoms with van der Waals surface area (Å²) in [5, 5.41) is 15.1. The largest absolute Gasteiger partial charge is 0.804 e. The van der Waals surface area contributed by atoms with Crippen LogP contribution in [0.25, 0.3) is 33.3 Å². The summed E-state index contributed by atoms with van der Waals surface area (Å²) >= 11 is 1.44. The number of aryl methyl sites for hydroxylation is 1. The zero-order valence-electron chi connectivity index (χ0n) is 14.5. The topological polar surface area (TPSA) is 75.9 Å². The molecule has 0 aliphatic heterocycles. The fraction of sp³-hybridized carbons (Fsp3) is 0.105. The van der Waals surface area contributed by atoms with Gasteiger partial charge in [-0.3, -0.25) is 0 Å². The predicted octanol–water partition coefficient (Wildman–Crippen LogP) is 4.54. The van der Waals surface area contributed by atoms with Gasteiger partial charge in [-0.1, -0.05) is 0 Å². The molecule has 0 saturated carbocycles. The van der Waals surface area contributed by atoms with E-state index in [0.29, 0.717) is 17.0 Å². The maximum absolute atomic E-state index is 13.4. The third-order valence-electron chi connectivity index (χ3n) is 3.96. The summed E-state index contributed by atoms with van der Waals surface area (Å²) in [7, 11) is 1.45. The fourth-order valence-electron chi connectivity index (χ4n) is 2.72. The number of imidazole rings is 1. The molecule has 0 aliphatic rings. The van der Waals surface area contributed by atoms with Crippen LogP contribution in [-0.4, -0.2) is 26.8 Å². The molecule has 3 heterocycles. The molecule has 1 aromatic carbocycles. The van der Waals surface area contributed by atoms with Crippen molar-refractivity contribution in [2.24, 2.45) is 0 Å². The molecule has 0 N–H and O–H groups in total. The first-order valence-electron chi connectivity index (χ1n) is 8.06. The Balaban J connectivity index is 1.96. The lowest BCUT2D eigenvalue weighted by Crippen LogP contribution is -1.98. The van der Waals surface area contributed by atoms with Gasteiger partial charge < -0.3 is 14.7 Å². The van der Waals surface area contributed by atoms with Crippen LogP contribution in [0.5, 0.6) is 6.01 Å². The molecule has 8 heteroatoms. The van der Waals surface area contributed by atoms with E-state index in [-0.39, 0.29) is 23.3 Å². The van der Waals surface area contributed by atoms with Gasteiger partial charge in [-0.25, -0.2) is 14.4 Å². The van der Waals surface area contributed by atoms with Crippen molar-refractivity contribution in [2.45, 2.75) is 6.92 Å². The fourth-order valence-corrected chi connectivity index (χ4v) is 3.58. The minimum atomic E-state index is -0.361. The van der Waals surface area contributed by atoms with Gasteiger partial charge in [0.05, 0.1) is 29.1 Å². The maximum Gasteiger partial charge on any atom is 0.316 e. The highest BCUT2D eigenvalue weighted by Gasteiger charge is 2.20. The van der Waals surface area contributed by atoms with Crippen molar-refractivity contribution < 1.29 is 9.13 Å². The molecule has 0 atom stereocenters. The van der Waals surface area contributed by atoms with E-state index >= 15 is 0 Å². The Bertz CT molecular complexity index is 1110. The molecular formula is C19H14FN4O2S-. The molecule has 27 heavy (non-hydrogen) atoms. The van der Waals surface area contributed by atoms with Crippen molar-refractivity contribution in [2.75, 3.05) is 7.11 Å². The van der Waals surface area contributed by atoms with E-state index in [2.05, 4.69) is 15.0 Å². The molecule has 0 unspecified atom stereocenters. The van der Waals surface area contributed by atoms with E-state index in [9.17, 15) is 9.60 Å². The lowest BCUT2D eigenvalue weighted by atomic mass is 10.1. The average molecular weight is 381 g/mol. The Morgan fingerprint density at radius 3 is 2.59 bits per heavy atom. The Kier molecular flexibility index (Phi) is 4.33. The van der Waals surface area contributed by atoms with Crippen LogP contribution in [0.15, 0.2) is 48.0 Å². The highest BCUT2D eigenvalue weighted by Crippen LogP contribution is 2.37. The van der Waals surface area contributed by atoms with E-state index in [1.165, 1.54) is 36.8 Å². The Morgan fingerprint density at radius 2 is 1.93 bits per heavy atom. The predicted molar refractivity (Wildman–Crippen MR) is 102 cm³/mol.